The Kier molecular flexibility index (Phi) is 9.92. The van der Waals surface area contributed by atoms with Crippen LogP contribution < -0.4 is 14.4 Å². The number of ether oxygens (including phenoxy) is 1. The first-order valence-electron chi connectivity index (χ1n) is 11.4. The lowest BCUT2D eigenvalue weighted by Gasteiger charge is -2.33. The number of anilines is 1. The summed E-state index contributed by atoms with van der Waals surface area (Å²) in [5.41, 5.74) is 1.12. The smallest absolute Gasteiger partial charge is 0.244 e. The molecule has 2 amide bonds. The molecule has 0 unspecified atom stereocenters. The summed E-state index contributed by atoms with van der Waals surface area (Å²) in [6, 6.07) is 15.2. The van der Waals surface area contributed by atoms with Gasteiger partial charge in [0.1, 0.15) is 18.3 Å². The van der Waals surface area contributed by atoms with Gasteiger partial charge in [0, 0.05) is 12.6 Å². The van der Waals surface area contributed by atoms with E-state index in [0.29, 0.717) is 18.8 Å². The molecule has 2 aromatic carbocycles. The highest BCUT2D eigenvalue weighted by molar-refractivity contribution is 7.92. The van der Waals surface area contributed by atoms with Crippen molar-refractivity contribution in [2.45, 2.75) is 52.7 Å². The van der Waals surface area contributed by atoms with Gasteiger partial charge in [0.05, 0.1) is 18.6 Å². The Morgan fingerprint density at radius 3 is 2.18 bits per heavy atom. The third-order valence-electron chi connectivity index (χ3n) is 5.13. The lowest BCUT2D eigenvalue weighted by molar-refractivity contribution is -0.140. The van der Waals surface area contributed by atoms with Crippen LogP contribution in [-0.4, -0.2) is 56.6 Å². The van der Waals surface area contributed by atoms with Gasteiger partial charge in [-0.15, -0.1) is 0 Å². The number of benzene rings is 2. The predicted octanol–water partition coefficient (Wildman–Crippen LogP) is 3.18. The van der Waals surface area contributed by atoms with Gasteiger partial charge >= 0.3 is 0 Å². The molecule has 0 aliphatic heterocycles. The Morgan fingerprint density at radius 1 is 1.00 bits per heavy atom. The fourth-order valence-electron chi connectivity index (χ4n) is 3.62. The zero-order chi connectivity index (χ0) is 25.3. The van der Waals surface area contributed by atoms with Crippen molar-refractivity contribution in [3.8, 4) is 5.75 Å². The molecule has 0 saturated carbocycles. The molecular formula is C25H35N3O5S. The maximum atomic E-state index is 13.6. The SMILES string of the molecule is CCOc1ccccc1N(CC(=O)N(Cc1ccccc1)[C@H](CC)C(=O)NC(C)C)S(C)(=O)=O. The number of hydrogen-bond acceptors (Lipinski definition) is 5. The zero-order valence-corrected chi connectivity index (χ0v) is 21.3. The number of sulfonamides is 1. The largest absolute Gasteiger partial charge is 0.492 e. The van der Waals surface area contributed by atoms with Crippen molar-refractivity contribution in [1.82, 2.24) is 10.2 Å². The summed E-state index contributed by atoms with van der Waals surface area (Å²) in [6.45, 7) is 7.39. The molecule has 9 heteroatoms. The molecular weight excluding hydrogens is 454 g/mol. The van der Waals surface area contributed by atoms with Crippen LogP contribution >= 0.6 is 0 Å². The second kappa shape index (κ2) is 12.4. The van der Waals surface area contributed by atoms with Crippen molar-refractivity contribution in [2.75, 3.05) is 23.7 Å². The average molecular weight is 490 g/mol. The maximum Gasteiger partial charge on any atom is 0.244 e. The molecule has 2 rings (SSSR count). The van der Waals surface area contributed by atoms with Crippen LogP contribution in [0.3, 0.4) is 0 Å². The summed E-state index contributed by atoms with van der Waals surface area (Å²) < 4.78 is 32.1. The van der Waals surface area contributed by atoms with Crippen LogP contribution in [0.5, 0.6) is 5.75 Å². The molecule has 1 atom stereocenters. The van der Waals surface area contributed by atoms with Crippen molar-refractivity contribution in [3.05, 3.63) is 60.2 Å². The summed E-state index contributed by atoms with van der Waals surface area (Å²) in [7, 11) is -3.83. The number of para-hydroxylation sites is 2. The number of nitrogens with one attached hydrogen (secondary N) is 1. The summed E-state index contributed by atoms with van der Waals surface area (Å²) in [6.07, 6.45) is 1.43. The number of carbonyl (C=O) groups is 2. The molecule has 8 nitrogen and oxygen atoms in total. The van der Waals surface area contributed by atoms with Crippen LogP contribution in [0.1, 0.15) is 39.7 Å². The molecule has 2 aromatic rings. The van der Waals surface area contributed by atoms with Gasteiger partial charge in [-0.2, -0.15) is 0 Å². The average Bonchev–Trinajstić information content (AvgIpc) is 2.77. The van der Waals surface area contributed by atoms with Crippen molar-refractivity contribution in [2.24, 2.45) is 0 Å². The molecule has 1 N–H and O–H groups in total. The highest BCUT2D eigenvalue weighted by atomic mass is 32.2. The van der Waals surface area contributed by atoms with Crippen LogP contribution in [-0.2, 0) is 26.2 Å². The van der Waals surface area contributed by atoms with Crippen LogP contribution in [0, 0.1) is 0 Å². The van der Waals surface area contributed by atoms with E-state index in [1.165, 1.54) is 4.90 Å². The van der Waals surface area contributed by atoms with E-state index in [2.05, 4.69) is 5.32 Å². The van der Waals surface area contributed by atoms with Crippen molar-refractivity contribution >= 4 is 27.5 Å². The van der Waals surface area contributed by atoms with E-state index in [-0.39, 0.29) is 24.2 Å². The molecule has 186 valence electrons. The van der Waals surface area contributed by atoms with Gasteiger partial charge in [0.2, 0.25) is 21.8 Å². The van der Waals surface area contributed by atoms with Crippen molar-refractivity contribution < 1.29 is 22.7 Å². The molecule has 0 aromatic heterocycles. The van der Waals surface area contributed by atoms with Gasteiger partial charge in [-0.25, -0.2) is 8.42 Å². The van der Waals surface area contributed by atoms with E-state index in [4.69, 9.17) is 4.74 Å². The molecule has 0 fully saturated rings. The summed E-state index contributed by atoms with van der Waals surface area (Å²) in [4.78, 5) is 28.0. The Bertz CT molecular complexity index is 1060. The normalized spacial score (nSPS) is 12.2. The Hall–Kier alpha value is -3.07. The maximum absolute atomic E-state index is 13.6. The first-order valence-corrected chi connectivity index (χ1v) is 13.3. The molecule has 0 saturated heterocycles. The number of amides is 2. The van der Waals surface area contributed by atoms with Crippen molar-refractivity contribution in [3.63, 3.8) is 0 Å². The minimum Gasteiger partial charge on any atom is -0.492 e. The Labute approximate surface area is 202 Å². The van der Waals surface area contributed by atoms with Gasteiger partial charge < -0.3 is 15.0 Å². The second-order valence-electron chi connectivity index (χ2n) is 8.26. The highest BCUT2D eigenvalue weighted by Gasteiger charge is 2.32. The van der Waals surface area contributed by atoms with Crippen LogP contribution in [0.4, 0.5) is 5.69 Å². The van der Waals surface area contributed by atoms with Crippen LogP contribution in [0.2, 0.25) is 0 Å². The summed E-state index contributed by atoms with van der Waals surface area (Å²) >= 11 is 0. The van der Waals surface area contributed by atoms with Crippen LogP contribution in [0.25, 0.3) is 0 Å². The van der Waals surface area contributed by atoms with E-state index in [0.717, 1.165) is 16.1 Å². The molecule has 0 radical (unpaired) electrons. The predicted molar refractivity (Wildman–Crippen MR) is 134 cm³/mol. The lowest BCUT2D eigenvalue weighted by Crippen LogP contribution is -2.53. The van der Waals surface area contributed by atoms with Gasteiger partial charge in [-0.3, -0.25) is 13.9 Å². The quantitative estimate of drug-likeness (QED) is 0.494. The number of rotatable bonds is 12. The molecule has 0 bridgehead atoms. The van der Waals surface area contributed by atoms with E-state index < -0.39 is 28.5 Å². The molecule has 0 aliphatic rings. The standard InChI is InChI=1S/C25H35N3O5S/c1-6-21(25(30)26-19(3)4)27(17-20-13-9-8-10-14-20)24(29)18-28(34(5,31)32)22-15-11-12-16-23(22)33-7-2/h8-16,19,21H,6-7,17-18H2,1-5H3,(H,26,30)/t21-/m1/s1. The number of hydrogen-bond donors (Lipinski definition) is 1. The third kappa shape index (κ3) is 7.48. The minimum absolute atomic E-state index is 0.0965. The topological polar surface area (TPSA) is 96.0 Å². The summed E-state index contributed by atoms with van der Waals surface area (Å²) in [5, 5.41) is 2.87. The Balaban J connectivity index is 2.46. The van der Waals surface area contributed by atoms with Gasteiger partial charge in [0.25, 0.3) is 0 Å². The Morgan fingerprint density at radius 2 is 1.62 bits per heavy atom. The first kappa shape index (κ1) is 27.2. The molecule has 0 aliphatic carbocycles. The minimum atomic E-state index is -3.83. The second-order valence-corrected chi connectivity index (χ2v) is 10.2. The fourth-order valence-corrected chi connectivity index (χ4v) is 4.47. The zero-order valence-electron chi connectivity index (χ0n) is 20.5. The molecule has 0 heterocycles. The van der Waals surface area contributed by atoms with Crippen LogP contribution in [0.15, 0.2) is 54.6 Å². The highest BCUT2D eigenvalue weighted by Crippen LogP contribution is 2.30. The third-order valence-corrected chi connectivity index (χ3v) is 6.25. The van der Waals surface area contributed by atoms with E-state index >= 15 is 0 Å². The van der Waals surface area contributed by atoms with Gasteiger partial charge in [-0.1, -0.05) is 49.4 Å². The number of nitrogens with zero attached hydrogens (tertiary/aromatic N) is 2. The van der Waals surface area contributed by atoms with E-state index in [1.807, 2.05) is 51.1 Å². The number of carbonyl (C=O) groups excluding carboxylic acids is 2. The molecule has 0 spiro atoms. The van der Waals surface area contributed by atoms with E-state index in [1.54, 1.807) is 31.2 Å². The van der Waals surface area contributed by atoms with Gasteiger partial charge in [0.15, 0.2) is 0 Å². The monoisotopic (exact) mass is 489 g/mol. The molecule has 34 heavy (non-hydrogen) atoms. The lowest BCUT2D eigenvalue weighted by atomic mass is 10.1. The fraction of sp³-hybridized carbons (Fsp3) is 0.440. The summed E-state index contributed by atoms with van der Waals surface area (Å²) in [5.74, 6) is -0.392. The first-order chi connectivity index (χ1) is 16.1. The van der Waals surface area contributed by atoms with E-state index in [9.17, 15) is 18.0 Å². The van der Waals surface area contributed by atoms with Crippen molar-refractivity contribution in [1.29, 1.82) is 0 Å². The van der Waals surface area contributed by atoms with Gasteiger partial charge in [-0.05, 0) is 44.9 Å².